The minimum absolute atomic E-state index is 0.0988. The molecule has 0 radical (unpaired) electrons. The van der Waals surface area contributed by atoms with Crippen LogP contribution in [0.15, 0.2) is 34.9 Å². The number of unbranched alkanes of at least 4 members (excludes halogenated alkanes) is 1. The standard InChI is InChI=1S/C19H22N2O2S/c1-4-5-8-17(22)21(12-15-7-6-11-23-15)19-20-18-14(3)13(2)9-10-16(18)24-19/h6-7,9-11H,4-5,8,12H2,1-3H3. The van der Waals surface area contributed by atoms with Gasteiger partial charge in [0.25, 0.3) is 0 Å². The lowest BCUT2D eigenvalue weighted by atomic mass is 10.1. The number of carbonyl (C=O) groups excluding carboxylic acids is 1. The number of carbonyl (C=O) groups is 1. The van der Waals surface area contributed by atoms with Crippen molar-refractivity contribution in [2.45, 2.75) is 46.6 Å². The Labute approximate surface area is 146 Å². The Kier molecular flexibility index (Phi) is 5.00. The molecule has 0 aliphatic heterocycles. The number of fused-ring (bicyclic) bond motifs is 1. The van der Waals surface area contributed by atoms with Crippen molar-refractivity contribution in [3.8, 4) is 0 Å². The summed E-state index contributed by atoms with van der Waals surface area (Å²) < 4.78 is 6.55. The summed E-state index contributed by atoms with van der Waals surface area (Å²) in [4.78, 5) is 19.2. The summed E-state index contributed by atoms with van der Waals surface area (Å²) in [6.45, 7) is 6.68. The number of rotatable bonds is 6. The van der Waals surface area contributed by atoms with Gasteiger partial charge >= 0.3 is 0 Å². The highest BCUT2D eigenvalue weighted by Gasteiger charge is 2.21. The number of hydrogen-bond donors (Lipinski definition) is 0. The molecule has 0 N–H and O–H groups in total. The third-order valence-electron chi connectivity index (χ3n) is 4.24. The Morgan fingerprint density at radius 3 is 2.83 bits per heavy atom. The molecule has 2 aromatic heterocycles. The third kappa shape index (κ3) is 3.36. The average molecular weight is 342 g/mol. The molecule has 0 saturated carbocycles. The van der Waals surface area contributed by atoms with Crippen molar-refractivity contribution in [1.29, 1.82) is 0 Å². The van der Waals surface area contributed by atoms with E-state index in [4.69, 9.17) is 9.40 Å². The second-order valence-electron chi connectivity index (χ2n) is 6.01. The van der Waals surface area contributed by atoms with Crippen LogP contribution in [0, 0.1) is 13.8 Å². The number of anilines is 1. The lowest BCUT2D eigenvalue weighted by molar-refractivity contribution is -0.118. The zero-order valence-corrected chi connectivity index (χ0v) is 15.2. The minimum atomic E-state index is 0.0988. The van der Waals surface area contributed by atoms with E-state index in [1.165, 1.54) is 11.1 Å². The molecule has 3 aromatic rings. The van der Waals surface area contributed by atoms with Crippen LogP contribution in [0.1, 0.15) is 43.1 Å². The SMILES string of the molecule is CCCCC(=O)N(Cc1ccco1)c1nc2c(C)c(C)ccc2s1. The van der Waals surface area contributed by atoms with Crippen LogP contribution in [0.4, 0.5) is 5.13 Å². The summed E-state index contributed by atoms with van der Waals surface area (Å²) in [5.74, 6) is 0.869. The molecule has 0 atom stereocenters. The summed E-state index contributed by atoms with van der Waals surface area (Å²) in [5.41, 5.74) is 3.38. The van der Waals surface area contributed by atoms with Gasteiger partial charge in [0.2, 0.25) is 5.91 Å². The molecule has 2 heterocycles. The predicted molar refractivity (Wildman–Crippen MR) is 98.5 cm³/mol. The second-order valence-corrected chi connectivity index (χ2v) is 7.02. The van der Waals surface area contributed by atoms with Gasteiger partial charge < -0.3 is 4.42 Å². The second kappa shape index (κ2) is 7.18. The lowest BCUT2D eigenvalue weighted by Crippen LogP contribution is -2.29. The molecule has 0 saturated heterocycles. The molecule has 0 aliphatic rings. The first-order chi connectivity index (χ1) is 11.6. The molecule has 126 valence electrons. The van der Waals surface area contributed by atoms with E-state index in [1.54, 1.807) is 22.5 Å². The Bertz CT molecular complexity index is 837. The van der Waals surface area contributed by atoms with Crippen LogP contribution in [0.5, 0.6) is 0 Å². The van der Waals surface area contributed by atoms with Crippen molar-refractivity contribution in [1.82, 2.24) is 4.98 Å². The number of hydrogen-bond acceptors (Lipinski definition) is 4. The molecule has 0 unspecified atom stereocenters. The maximum absolute atomic E-state index is 12.7. The molecular formula is C19H22N2O2S. The van der Waals surface area contributed by atoms with Gasteiger partial charge in [0, 0.05) is 6.42 Å². The number of aromatic nitrogens is 1. The van der Waals surface area contributed by atoms with Gasteiger partial charge in [-0.2, -0.15) is 0 Å². The van der Waals surface area contributed by atoms with E-state index in [2.05, 4.69) is 32.9 Å². The van der Waals surface area contributed by atoms with Crippen molar-refractivity contribution >= 4 is 32.6 Å². The Balaban J connectivity index is 1.97. The maximum Gasteiger partial charge on any atom is 0.229 e. The topological polar surface area (TPSA) is 46.3 Å². The van der Waals surface area contributed by atoms with E-state index in [-0.39, 0.29) is 5.91 Å². The smallest absolute Gasteiger partial charge is 0.229 e. The van der Waals surface area contributed by atoms with Gasteiger partial charge in [-0.3, -0.25) is 9.69 Å². The number of amides is 1. The number of nitrogens with zero attached hydrogens (tertiary/aromatic N) is 2. The van der Waals surface area contributed by atoms with Crippen molar-refractivity contribution < 1.29 is 9.21 Å². The molecular weight excluding hydrogens is 320 g/mol. The average Bonchev–Trinajstić information content (AvgIpc) is 3.23. The number of thiazole rings is 1. The lowest BCUT2D eigenvalue weighted by Gasteiger charge is -2.18. The fourth-order valence-electron chi connectivity index (χ4n) is 2.61. The van der Waals surface area contributed by atoms with E-state index in [1.807, 2.05) is 12.1 Å². The normalized spacial score (nSPS) is 11.1. The highest BCUT2D eigenvalue weighted by molar-refractivity contribution is 7.22. The van der Waals surface area contributed by atoms with Crippen molar-refractivity contribution in [3.63, 3.8) is 0 Å². The van der Waals surface area contributed by atoms with Gasteiger partial charge in [0.15, 0.2) is 5.13 Å². The highest BCUT2D eigenvalue weighted by atomic mass is 32.1. The zero-order chi connectivity index (χ0) is 17.1. The highest BCUT2D eigenvalue weighted by Crippen LogP contribution is 2.33. The van der Waals surface area contributed by atoms with Gasteiger partial charge in [-0.05, 0) is 49.6 Å². The van der Waals surface area contributed by atoms with Gasteiger partial charge in [0.05, 0.1) is 23.0 Å². The summed E-state index contributed by atoms with van der Waals surface area (Å²) in [6.07, 6.45) is 4.05. The van der Waals surface area contributed by atoms with Crippen molar-refractivity contribution in [2.75, 3.05) is 4.90 Å². The summed E-state index contributed by atoms with van der Waals surface area (Å²) in [7, 11) is 0. The van der Waals surface area contributed by atoms with Crippen LogP contribution in [0.25, 0.3) is 10.2 Å². The number of furan rings is 1. The maximum atomic E-state index is 12.7. The van der Waals surface area contributed by atoms with Gasteiger partial charge in [-0.25, -0.2) is 4.98 Å². The minimum Gasteiger partial charge on any atom is -0.467 e. The van der Waals surface area contributed by atoms with E-state index >= 15 is 0 Å². The largest absolute Gasteiger partial charge is 0.467 e. The van der Waals surface area contributed by atoms with E-state index < -0.39 is 0 Å². The fraction of sp³-hybridized carbons (Fsp3) is 0.368. The first-order valence-corrected chi connectivity index (χ1v) is 9.11. The van der Waals surface area contributed by atoms with Crippen LogP contribution in [-0.4, -0.2) is 10.9 Å². The Morgan fingerprint density at radius 1 is 1.29 bits per heavy atom. The summed E-state index contributed by atoms with van der Waals surface area (Å²) >= 11 is 1.56. The first kappa shape index (κ1) is 16.7. The van der Waals surface area contributed by atoms with Gasteiger partial charge in [-0.15, -0.1) is 0 Å². The molecule has 5 heteroatoms. The molecule has 3 rings (SSSR count). The molecule has 0 aliphatic carbocycles. The first-order valence-electron chi connectivity index (χ1n) is 8.29. The predicted octanol–water partition coefficient (Wildman–Crippen LogP) is 5.23. The molecule has 0 fully saturated rings. The Morgan fingerprint density at radius 2 is 2.12 bits per heavy atom. The van der Waals surface area contributed by atoms with Gasteiger partial charge in [-0.1, -0.05) is 30.7 Å². The summed E-state index contributed by atoms with van der Waals surface area (Å²) in [5, 5.41) is 0.746. The number of benzene rings is 1. The zero-order valence-electron chi connectivity index (χ0n) is 14.3. The molecule has 1 amide bonds. The van der Waals surface area contributed by atoms with Crippen LogP contribution in [0.2, 0.25) is 0 Å². The molecule has 0 spiro atoms. The van der Waals surface area contributed by atoms with Crippen LogP contribution < -0.4 is 4.90 Å². The molecule has 0 bridgehead atoms. The van der Waals surface area contributed by atoms with Crippen LogP contribution >= 0.6 is 11.3 Å². The Hall–Kier alpha value is -2.14. The molecule has 1 aromatic carbocycles. The van der Waals surface area contributed by atoms with E-state index in [9.17, 15) is 4.79 Å². The van der Waals surface area contributed by atoms with Gasteiger partial charge in [0.1, 0.15) is 5.76 Å². The van der Waals surface area contributed by atoms with Crippen LogP contribution in [-0.2, 0) is 11.3 Å². The fourth-order valence-corrected chi connectivity index (χ4v) is 3.66. The quantitative estimate of drug-likeness (QED) is 0.616. The monoisotopic (exact) mass is 342 g/mol. The summed E-state index contributed by atoms with van der Waals surface area (Å²) in [6, 6.07) is 7.93. The molecule has 4 nitrogen and oxygen atoms in total. The number of aryl methyl sites for hydroxylation is 2. The van der Waals surface area contributed by atoms with Crippen LogP contribution in [0.3, 0.4) is 0 Å². The third-order valence-corrected chi connectivity index (χ3v) is 5.29. The van der Waals surface area contributed by atoms with Crippen molar-refractivity contribution in [2.24, 2.45) is 0 Å². The van der Waals surface area contributed by atoms with E-state index in [0.717, 1.165) is 34.0 Å². The van der Waals surface area contributed by atoms with E-state index in [0.29, 0.717) is 13.0 Å². The van der Waals surface area contributed by atoms with Crippen molar-refractivity contribution in [3.05, 3.63) is 47.4 Å². The molecule has 24 heavy (non-hydrogen) atoms.